The molecule has 0 unspecified atom stereocenters. The van der Waals surface area contributed by atoms with E-state index in [0.717, 1.165) is 25.0 Å². The van der Waals surface area contributed by atoms with Crippen molar-refractivity contribution in [3.63, 3.8) is 0 Å². The van der Waals surface area contributed by atoms with E-state index in [0.29, 0.717) is 13.0 Å². The first-order valence-corrected chi connectivity index (χ1v) is 5.07. The van der Waals surface area contributed by atoms with Crippen LogP contribution in [0.25, 0.3) is 0 Å². The monoisotopic (exact) mass is 195 g/mol. The van der Waals surface area contributed by atoms with Crippen LogP contribution in [0.5, 0.6) is 0 Å². The Kier molecular flexibility index (Phi) is 4.75. The lowest BCUT2D eigenvalue weighted by molar-refractivity contribution is -0.121. The Morgan fingerprint density at radius 2 is 2.43 bits per heavy atom. The third-order valence-electron chi connectivity index (χ3n) is 2.04. The summed E-state index contributed by atoms with van der Waals surface area (Å²) in [5, 5.41) is 2.83. The minimum atomic E-state index is 0.119. The molecule has 0 saturated heterocycles. The molecule has 1 aromatic heterocycles. The van der Waals surface area contributed by atoms with E-state index >= 15 is 0 Å². The summed E-state index contributed by atoms with van der Waals surface area (Å²) >= 11 is 0. The maximum absolute atomic E-state index is 11.3. The van der Waals surface area contributed by atoms with E-state index in [2.05, 4.69) is 22.2 Å². The number of nitrogens with zero attached hydrogens (tertiary/aromatic N) is 1. The largest absolute Gasteiger partial charge is 0.350 e. The van der Waals surface area contributed by atoms with Crippen LogP contribution in [0, 0.1) is 0 Å². The Morgan fingerprint density at radius 3 is 3.07 bits per heavy atom. The van der Waals surface area contributed by atoms with Gasteiger partial charge in [0.25, 0.3) is 0 Å². The second-order valence-corrected chi connectivity index (χ2v) is 3.31. The van der Waals surface area contributed by atoms with Gasteiger partial charge in [-0.25, -0.2) is 4.98 Å². The highest BCUT2D eigenvalue weighted by molar-refractivity contribution is 5.75. The Morgan fingerprint density at radius 1 is 1.57 bits per heavy atom. The van der Waals surface area contributed by atoms with Crippen LogP contribution in [0.1, 0.15) is 38.3 Å². The van der Waals surface area contributed by atoms with Gasteiger partial charge in [0, 0.05) is 12.6 Å². The maximum Gasteiger partial charge on any atom is 0.220 e. The van der Waals surface area contributed by atoms with Gasteiger partial charge < -0.3 is 10.3 Å². The lowest BCUT2D eigenvalue weighted by atomic mass is 10.2. The zero-order chi connectivity index (χ0) is 10.2. The van der Waals surface area contributed by atoms with Crippen LogP contribution < -0.4 is 5.32 Å². The third-order valence-corrected chi connectivity index (χ3v) is 2.04. The Hall–Kier alpha value is -1.32. The standard InChI is InChI=1S/C10H17N3O/c1-2-3-4-5-10(14)12-7-9-6-11-8-13-9/h6,8H,2-5,7H2,1H3,(H,11,13)(H,12,14). The van der Waals surface area contributed by atoms with Gasteiger partial charge in [-0.1, -0.05) is 19.8 Å². The molecule has 78 valence electrons. The zero-order valence-electron chi connectivity index (χ0n) is 8.55. The predicted octanol–water partition coefficient (Wildman–Crippen LogP) is 1.61. The van der Waals surface area contributed by atoms with E-state index in [1.54, 1.807) is 12.5 Å². The molecular formula is C10H17N3O. The summed E-state index contributed by atoms with van der Waals surface area (Å²) in [5.74, 6) is 0.119. The summed E-state index contributed by atoms with van der Waals surface area (Å²) < 4.78 is 0. The summed E-state index contributed by atoms with van der Waals surface area (Å²) in [6.45, 7) is 2.67. The van der Waals surface area contributed by atoms with Crippen LogP contribution in [0.3, 0.4) is 0 Å². The van der Waals surface area contributed by atoms with Crippen LogP contribution in [0.2, 0.25) is 0 Å². The van der Waals surface area contributed by atoms with Crippen molar-refractivity contribution in [3.05, 3.63) is 18.2 Å². The number of carbonyl (C=O) groups is 1. The number of carbonyl (C=O) groups excluding carboxylic acids is 1. The fourth-order valence-corrected chi connectivity index (χ4v) is 1.20. The number of unbranched alkanes of at least 4 members (excludes halogenated alkanes) is 2. The molecule has 0 aromatic carbocycles. The molecule has 0 saturated carbocycles. The number of imidazole rings is 1. The van der Waals surface area contributed by atoms with Crippen molar-refractivity contribution in [1.82, 2.24) is 15.3 Å². The normalized spacial score (nSPS) is 10.1. The molecule has 1 amide bonds. The summed E-state index contributed by atoms with van der Waals surface area (Å²) in [4.78, 5) is 18.1. The Labute approximate surface area is 84.1 Å². The van der Waals surface area contributed by atoms with E-state index in [-0.39, 0.29) is 5.91 Å². The molecule has 14 heavy (non-hydrogen) atoms. The van der Waals surface area contributed by atoms with Gasteiger partial charge in [-0.3, -0.25) is 4.79 Å². The van der Waals surface area contributed by atoms with Crippen molar-refractivity contribution in [2.45, 2.75) is 39.2 Å². The number of rotatable bonds is 6. The van der Waals surface area contributed by atoms with Gasteiger partial charge in [0.15, 0.2) is 0 Å². The smallest absolute Gasteiger partial charge is 0.220 e. The number of hydrogen-bond donors (Lipinski definition) is 2. The van der Waals surface area contributed by atoms with E-state index in [9.17, 15) is 4.79 Å². The van der Waals surface area contributed by atoms with E-state index in [1.807, 2.05) is 0 Å². The highest BCUT2D eigenvalue weighted by Gasteiger charge is 2.00. The Bertz CT molecular complexity index is 256. The molecule has 1 aromatic rings. The maximum atomic E-state index is 11.3. The van der Waals surface area contributed by atoms with Crippen LogP contribution >= 0.6 is 0 Å². The van der Waals surface area contributed by atoms with Gasteiger partial charge in [0.05, 0.1) is 18.6 Å². The SMILES string of the molecule is CCCCCC(=O)NCc1cnc[nH]1. The Balaban J connectivity index is 2.09. The van der Waals surface area contributed by atoms with Crippen LogP contribution in [0.15, 0.2) is 12.5 Å². The van der Waals surface area contributed by atoms with Crippen LogP contribution in [0.4, 0.5) is 0 Å². The average Bonchev–Trinajstić information content (AvgIpc) is 2.68. The molecule has 2 N–H and O–H groups in total. The van der Waals surface area contributed by atoms with Crippen molar-refractivity contribution >= 4 is 5.91 Å². The second-order valence-electron chi connectivity index (χ2n) is 3.31. The molecule has 0 spiro atoms. The number of aromatic nitrogens is 2. The first-order chi connectivity index (χ1) is 6.83. The fraction of sp³-hybridized carbons (Fsp3) is 0.600. The van der Waals surface area contributed by atoms with Gasteiger partial charge in [-0.05, 0) is 6.42 Å². The molecule has 1 heterocycles. The predicted molar refractivity (Wildman–Crippen MR) is 54.6 cm³/mol. The molecule has 0 fully saturated rings. The minimum absolute atomic E-state index is 0.119. The van der Waals surface area contributed by atoms with Crippen LogP contribution in [-0.4, -0.2) is 15.9 Å². The molecule has 0 aliphatic carbocycles. The van der Waals surface area contributed by atoms with Gasteiger partial charge in [0.1, 0.15) is 0 Å². The fourth-order valence-electron chi connectivity index (χ4n) is 1.20. The van der Waals surface area contributed by atoms with Crippen molar-refractivity contribution in [1.29, 1.82) is 0 Å². The highest BCUT2D eigenvalue weighted by Crippen LogP contribution is 1.98. The van der Waals surface area contributed by atoms with Crippen molar-refractivity contribution in [2.75, 3.05) is 0 Å². The molecule has 0 radical (unpaired) electrons. The van der Waals surface area contributed by atoms with E-state index in [1.165, 1.54) is 0 Å². The van der Waals surface area contributed by atoms with E-state index < -0.39 is 0 Å². The molecule has 0 atom stereocenters. The molecule has 0 aliphatic heterocycles. The van der Waals surface area contributed by atoms with E-state index in [4.69, 9.17) is 0 Å². The quantitative estimate of drug-likeness (QED) is 0.677. The van der Waals surface area contributed by atoms with Gasteiger partial charge >= 0.3 is 0 Å². The molecular weight excluding hydrogens is 178 g/mol. The van der Waals surface area contributed by atoms with Gasteiger partial charge in [0.2, 0.25) is 5.91 Å². The van der Waals surface area contributed by atoms with Crippen LogP contribution in [-0.2, 0) is 11.3 Å². The van der Waals surface area contributed by atoms with Crippen molar-refractivity contribution < 1.29 is 4.79 Å². The summed E-state index contributed by atoms with van der Waals surface area (Å²) in [6.07, 6.45) is 7.20. The molecule has 0 aliphatic rings. The van der Waals surface area contributed by atoms with Gasteiger partial charge in [-0.2, -0.15) is 0 Å². The molecule has 4 heteroatoms. The summed E-state index contributed by atoms with van der Waals surface area (Å²) in [6, 6.07) is 0. The number of H-pyrrole nitrogens is 1. The van der Waals surface area contributed by atoms with Crippen molar-refractivity contribution in [2.24, 2.45) is 0 Å². The lowest BCUT2D eigenvalue weighted by Gasteiger charge is -2.02. The zero-order valence-corrected chi connectivity index (χ0v) is 8.55. The number of hydrogen-bond acceptors (Lipinski definition) is 2. The lowest BCUT2D eigenvalue weighted by Crippen LogP contribution is -2.22. The number of amides is 1. The summed E-state index contributed by atoms with van der Waals surface area (Å²) in [7, 11) is 0. The average molecular weight is 195 g/mol. The minimum Gasteiger partial charge on any atom is -0.350 e. The summed E-state index contributed by atoms with van der Waals surface area (Å²) in [5.41, 5.74) is 0.939. The topological polar surface area (TPSA) is 57.8 Å². The third kappa shape index (κ3) is 4.07. The first kappa shape index (κ1) is 10.8. The molecule has 0 bridgehead atoms. The number of aromatic amines is 1. The van der Waals surface area contributed by atoms with Gasteiger partial charge in [-0.15, -0.1) is 0 Å². The highest BCUT2D eigenvalue weighted by atomic mass is 16.1. The molecule has 4 nitrogen and oxygen atoms in total. The molecule has 1 rings (SSSR count). The second kappa shape index (κ2) is 6.18. The van der Waals surface area contributed by atoms with Crippen molar-refractivity contribution in [3.8, 4) is 0 Å². The first-order valence-electron chi connectivity index (χ1n) is 5.07. The number of nitrogens with one attached hydrogen (secondary N) is 2.